The molecule has 66 valence electrons. The van der Waals surface area contributed by atoms with Crippen molar-refractivity contribution < 1.29 is 0 Å². The molecule has 1 heterocycles. The first kappa shape index (κ1) is 10.0. The molecule has 0 unspecified atom stereocenters. The van der Waals surface area contributed by atoms with Crippen LogP contribution < -0.4 is 5.73 Å². The third-order valence-electron chi connectivity index (χ3n) is 1.57. The lowest BCUT2D eigenvalue weighted by atomic mass is 10.1. The number of hydrogen-bond donors (Lipinski definition) is 2. The van der Waals surface area contributed by atoms with E-state index >= 15 is 0 Å². The Morgan fingerprint density at radius 1 is 1.67 bits per heavy atom. The molecule has 0 saturated carbocycles. The first-order chi connectivity index (χ1) is 5.65. The average molecular weight is 294 g/mol. The first-order valence-electron chi connectivity index (χ1n) is 3.55. The quantitative estimate of drug-likeness (QED) is 0.826. The van der Waals surface area contributed by atoms with Gasteiger partial charge in [-0.1, -0.05) is 6.08 Å². The molecule has 0 aliphatic rings. The van der Waals surface area contributed by atoms with Gasteiger partial charge >= 0.3 is 0 Å². The van der Waals surface area contributed by atoms with Crippen molar-refractivity contribution in [3.05, 3.63) is 33.5 Å². The molecule has 1 rings (SSSR count). The summed E-state index contributed by atoms with van der Waals surface area (Å²) in [6, 6.07) is 1.98. The van der Waals surface area contributed by atoms with Crippen molar-refractivity contribution >= 4 is 31.9 Å². The van der Waals surface area contributed by atoms with Gasteiger partial charge in [0.1, 0.15) is 0 Å². The fraction of sp³-hybridized carbons (Fsp3) is 0.250. The van der Waals surface area contributed by atoms with Crippen LogP contribution in [-0.4, -0.2) is 4.98 Å². The molecule has 0 saturated heterocycles. The molecule has 4 heteroatoms. The van der Waals surface area contributed by atoms with Gasteiger partial charge in [0.25, 0.3) is 0 Å². The number of rotatable bonds is 3. The van der Waals surface area contributed by atoms with Crippen LogP contribution in [0.4, 0.5) is 0 Å². The maximum absolute atomic E-state index is 5.84. The van der Waals surface area contributed by atoms with E-state index in [0.717, 1.165) is 21.2 Å². The number of H-pyrrole nitrogens is 1. The van der Waals surface area contributed by atoms with Crippen molar-refractivity contribution in [1.82, 2.24) is 4.98 Å². The van der Waals surface area contributed by atoms with Gasteiger partial charge in [0.05, 0.1) is 4.60 Å². The SMILES string of the molecule is C=CC[C@@H](N)c1cc(Br)c(Br)[nH]1. The van der Waals surface area contributed by atoms with Crippen LogP contribution in [0.25, 0.3) is 0 Å². The van der Waals surface area contributed by atoms with E-state index in [4.69, 9.17) is 5.73 Å². The lowest BCUT2D eigenvalue weighted by Crippen LogP contribution is -2.08. The molecule has 0 amide bonds. The Labute approximate surface area is 88.5 Å². The predicted octanol–water partition coefficient (Wildman–Crippen LogP) is 3.12. The number of nitrogens with two attached hydrogens (primary N) is 1. The summed E-state index contributed by atoms with van der Waals surface area (Å²) in [5, 5.41) is 0. The molecule has 0 fully saturated rings. The highest BCUT2D eigenvalue weighted by Gasteiger charge is 2.08. The van der Waals surface area contributed by atoms with Gasteiger partial charge in [0.15, 0.2) is 0 Å². The first-order valence-corrected chi connectivity index (χ1v) is 5.14. The molecule has 0 aromatic carbocycles. The third-order valence-corrected chi connectivity index (χ3v) is 3.35. The molecule has 0 radical (unpaired) electrons. The Morgan fingerprint density at radius 2 is 2.33 bits per heavy atom. The minimum Gasteiger partial charge on any atom is -0.351 e. The van der Waals surface area contributed by atoms with Crippen molar-refractivity contribution in [3.63, 3.8) is 0 Å². The number of halogens is 2. The summed E-state index contributed by atoms with van der Waals surface area (Å²) in [4.78, 5) is 3.13. The maximum Gasteiger partial charge on any atom is 0.0966 e. The van der Waals surface area contributed by atoms with Gasteiger partial charge in [0.2, 0.25) is 0 Å². The minimum absolute atomic E-state index is 0.00472. The van der Waals surface area contributed by atoms with Crippen molar-refractivity contribution in [2.45, 2.75) is 12.5 Å². The van der Waals surface area contributed by atoms with Crippen molar-refractivity contribution in [2.24, 2.45) is 5.73 Å². The fourth-order valence-corrected chi connectivity index (χ4v) is 1.62. The summed E-state index contributed by atoms with van der Waals surface area (Å²) in [6.07, 6.45) is 2.59. The molecule has 12 heavy (non-hydrogen) atoms. The second kappa shape index (κ2) is 4.25. The monoisotopic (exact) mass is 292 g/mol. The van der Waals surface area contributed by atoms with Gasteiger partial charge in [0, 0.05) is 16.2 Å². The zero-order valence-electron chi connectivity index (χ0n) is 6.48. The van der Waals surface area contributed by atoms with Crippen LogP contribution in [0.3, 0.4) is 0 Å². The van der Waals surface area contributed by atoms with E-state index in [1.165, 1.54) is 0 Å². The number of nitrogens with one attached hydrogen (secondary N) is 1. The van der Waals surface area contributed by atoms with Crippen LogP contribution in [0.15, 0.2) is 27.8 Å². The minimum atomic E-state index is 0.00472. The topological polar surface area (TPSA) is 41.8 Å². The second-order valence-electron chi connectivity index (χ2n) is 2.52. The molecular weight excluding hydrogens is 284 g/mol. The Bertz CT molecular complexity index is 261. The van der Waals surface area contributed by atoms with Gasteiger partial charge in [-0.15, -0.1) is 6.58 Å². The number of hydrogen-bond acceptors (Lipinski definition) is 1. The highest BCUT2D eigenvalue weighted by Crippen LogP contribution is 2.26. The van der Waals surface area contributed by atoms with Gasteiger partial charge < -0.3 is 10.7 Å². The van der Waals surface area contributed by atoms with Crippen molar-refractivity contribution in [2.75, 3.05) is 0 Å². The lowest BCUT2D eigenvalue weighted by molar-refractivity contribution is 0.718. The van der Waals surface area contributed by atoms with E-state index in [9.17, 15) is 0 Å². The van der Waals surface area contributed by atoms with Crippen LogP contribution in [-0.2, 0) is 0 Å². The number of aromatic amines is 1. The standard InChI is InChI=1S/C8H10Br2N2/c1-2-3-6(11)7-4-5(9)8(10)12-7/h2,4,6,12H,1,3,11H2/t6-/m1/s1. The van der Waals surface area contributed by atoms with Crippen LogP contribution in [0.5, 0.6) is 0 Å². The largest absolute Gasteiger partial charge is 0.351 e. The van der Waals surface area contributed by atoms with Gasteiger partial charge in [-0.05, 0) is 44.3 Å². The molecule has 3 N–H and O–H groups in total. The molecule has 1 atom stereocenters. The summed E-state index contributed by atoms with van der Waals surface area (Å²) >= 11 is 6.73. The fourth-order valence-electron chi connectivity index (χ4n) is 0.929. The lowest BCUT2D eigenvalue weighted by Gasteiger charge is -2.04. The van der Waals surface area contributed by atoms with E-state index in [2.05, 4.69) is 43.4 Å². The molecule has 0 aliphatic heterocycles. The Kier molecular flexibility index (Phi) is 3.55. The smallest absolute Gasteiger partial charge is 0.0966 e. The summed E-state index contributed by atoms with van der Waals surface area (Å²) in [6.45, 7) is 3.64. The van der Waals surface area contributed by atoms with E-state index in [-0.39, 0.29) is 6.04 Å². The zero-order valence-corrected chi connectivity index (χ0v) is 9.65. The summed E-state index contributed by atoms with van der Waals surface area (Å²) in [5.41, 5.74) is 6.85. The Hall–Kier alpha value is -0.0600. The van der Waals surface area contributed by atoms with E-state index in [1.54, 1.807) is 0 Å². The normalized spacial score (nSPS) is 12.9. The average Bonchev–Trinajstić information content (AvgIpc) is 2.33. The highest BCUT2D eigenvalue weighted by atomic mass is 79.9. The summed E-state index contributed by atoms with van der Waals surface area (Å²) in [7, 11) is 0. The molecule has 1 aromatic heterocycles. The molecule has 0 aliphatic carbocycles. The Balaban J connectivity index is 2.80. The summed E-state index contributed by atoms with van der Waals surface area (Å²) in [5.74, 6) is 0. The van der Waals surface area contributed by atoms with Crippen LogP contribution in [0.2, 0.25) is 0 Å². The molecular formula is C8H10Br2N2. The second-order valence-corrected chi connectivity index (χ2v) is 4.16. The van der Waals surface area contributed by atoms with E-state index < -0.39 is 0 Å². The molecule has 0 spiro atoms. The third kappa shape index (κ3) is 2.21. The zero-order chi connectivity index (χ0) is 9.14. The molecule has 0 bridgehead atoms. The molecule has 1 aromatic rings. The van der Waals surface area contributed by atoms with Crippen molar-refractivity contribution in [3.8, 4) is 0 Å². The highest BCUT2D eigenvalue weighted by molar-refractivity contribution is 9.13. The van der Waals surface area contributed by atoms with Gasteiger partial charge in [-0.25, -0.2) is 0 Å². The van der Waals surface area contributed by atoms with Crippen LogP contribution in [0, 0.1) is 0 Å². The van der Waals surface area contributed by atoms with Gasteiger partial charge in [-0.3, -0.25) is 0 Å². The summed E-state index contributed by atoms with van der Waals surface area (Å²) < 4.78 is 1.93. The number of aromatic nitrogens is 1. The van der Waals surface area contributed by atoms with E-state index in [0.29, 0.717) is 0 Å². The van der Waals surface area contributed by atoms with E-state index in [1.807, 2.05) is 12.1 Å². The van der Waals surface area contributed by atoms with Crippen molar-refractivity contribution in [1.29, 1.82) is 0 Å². The molecule has 2 nitrogen and oxygen atoms in total. The predicted molar refractivity (Wildman–Crippen MR) is 57.9 cm³/mol. The Morgan fingerprint density at radius 3 is 2.75 bits per heavy atom. The van der Waals surface area contributed by atoms with Gasteiger partial charge in [-0.2, -0.15) is 0 Å². The van der Waals surface area contributed by atoms with Crippen LogP contribution in [0.1, 0.15) is 18.2 Å². The maximum atomic E-state index is 5.84. The van der Waals surface area contributed by atoms with Crippen LogP contribution >= 0.6 is 31.9 Å².